The van der Waals surface area contributed by atoms with Crippen LogP contribution in [0.2, 0.25) is 5.02 Å². The van der Waals surface area contributed by atoms with Gasteiger partial charge in [0.15, 0.2) is 28.1 Å². The molecule has 0 atom stereocenters. The molecule has 0 spiro atoms. The van der Waals surface area contributed by atoms with Crippen molar-refractivity contribution in [3.8, 4) is 23.0 Å². The molecule has 1 N–H and O–H groups in total. The van der Waals surface area contributed by atoms with Crippen molar-refractivity contribution in [3.05, 3.63) is 118 Å². The first-order valence-corrected chi connectivity index (χ1v) is 15.1. The zero-order chi connectivity index (χ0) is 31.8. The van der Waals surface area contributed by atoms with Gasteiger partial charge in [-0.25, -0.2) is 0 Å². The number of para-hydroxylation sites is 1. The molecule has 1 fully saturated rings. The largest absolute Gasteiger partial charge is 0.490 e. The lowest BCUT2D eigenvalue weighted by Gasteiger charge is -2.28. The van der Waals surface area contributed by atoms with E-state index < -0.39 is 11.8 Å². The van der Waals surface area contributed by atoms with Gasteiger partial charge < -0.3 is 18.9 Å². The van der Waals surface area contributed by atoms with Crippen LogP contribution in [-0.2, 0) is 22.8 Å². The molecule has 0 aromatic heterocycles. The highest BCUT2D eigenvalue weighted by Crippen LogP contribution is 2.39. The monoisotopic (exact) mass is 642 g/mol. The van der Waals surface area contributed by atoms with Crippen molar-refractivity contribution in [3.63, 3.8) is 0 Å². The third-order valence-electron chi connectivity index (χ3n) is 6.69. The summed E-state index contributed by atoms with van der Waals surface area (Å²) in [6, 6.07) is 27.6. The molecule has 0 saturated carbocycles. The summed E-state index contributed by atoms with van der Waals surface area (Å²) in [5.74, 6) is 0.770. The molecule has 2 amide bonds. The van der Waals surface area contributed by atoms with E-state index in [1.165, 1.54) is 11.0 Å². The van der Waals surface area contributed by atoms with Gasteiger partial charge in [-0.15, -0.1) is 0 Å². The van der Waals surface area contributed by atoms with Crippen molar-refractivity contribution in [2.24, 2.45) is 0 Å². The van der Waals surface area contributed by atoms with Gasteiger partial charge in [0.1, 0.15) is 18.8 Å². The van der Waals surface area contributed by atoms with Crippen LogP contribution in [0.15, 0.2) is 96.6 Å². The number of thiocarbonyl (C=S) groups is 1. The van der Waals surface area contributed by atoms with E-state index in [0.29, 0.717) is 54.1 Å². The molecule has 230 valence electrons. The predicted molar refractivity (Wildman–Crippen MR) is 178 cm³/mol. The highest BCUT2D eigenvalue weighted by Gasteiger charge is 2.34. The van der Waals surface area contributed by atoms with E-state index in [1.54, 1.807) is 36.4 Å². The second-order valence-corrected chi connectivity index (χ2v) is 10.6. The van der Waals surface area contributed by atoms with Crippen LogP contribution in [0.4, 0.5) is 5.69 Å². The van der Waals surface area contributed by atoms with E-state index in [4.69, 9.17) is 42.8 Å². The van der Waals surface area contributed by atoms with E-state index in [-0.39, 0.29) is 22.3 Å². The van der Waals surface area contributed by atoms with Gasteiger partial charge >= 0.3 is 0 Å². The molecule has 8 nitrogen and oxygen atoms in total. The van der Waals surface area contributed by atoms with Crippen LogP contribution in [-0.4, -0.2) is 30.1 Å². The minimum Gasteiger partial charge on any atom is -0.490 e. The number of rotatable bonds is 12. The fourth-order valence-corrected chi connectivity index (χ4v) is 5.19. The first-order valence-electron chi connectivity index (χ1n) is 14.4. The topological polar surface area (TPSA) is 86.3 Å². The molecule has 4 aromatic rings. The molecular weight excluding hydrogens is 612 g/mol. The molecule has 1 heterocycles. The molecule has 0 bridgehead atoms. The Morgan fingerprint density at radius 3 is 2.13 bits per heavy atom. The summed E-state index contributed by atoms with van der Waals surface area (Å²) in [5.41, 5.74) is 2.80. The average Bonchev–Trinajstić information content (AvgIpc) is 3.03. The maximum Gasteiger partial charge on any atom is 0.270 e. The maximum absolute atomic E-state index is 13.4. The smallest absolute Gasteiger partial charge is 0.270 e. The molecule has 1 aliphatic heterocycles. The Morgan fingerprint density at radius 1 is 0.756 bits per heavy atom. The van der Waals surface area contributed by atoms with Gasteiger partial charge in [0, 0.05) is 0 Å². The number of hydrogen-bond donors (Lipinski definition) is 1. The van der Waals surface area contributed by atoms with Crippen molar-refractivity contribution >= 4 is 52.5 Å². The quantitative estimate of drug-likeness (QED) is 0.1000. The van der Waals surface area contributed by atoms with E-state index >= 15 is 0 Å². The Labute approximate surface area is 272 Å². The van der Waals surface area contributed by atoms with Crippen molar-refractivity contribution in [2.45, 2.75) is 27.1 Å². The third-order valence-corrected chi connectivity index (χ3v) is 7.25. The Kier molecular flexibility index (Phi) is 10.3. The summed E-state index contributed by atoms with van der Waals surface area (Å²) < 4.78 is 23.9. The second kappa shape index (κ2) is 14.7. The number of nitrogens with zero attached hydrogens (tertiary/aromatic N) is 1. The van der Waals surface area contributed by atoms with Crippen LogP contribution in [0, 0.1) is 0 Å². The van der Waals surface area contributed by atoms with Crippen LogP contribution >= 0.6 is 23.8 Å². The Balaban J connectivity index is 1.36. The van der Waals surface area contributed by atoms with E-state index in [9.17, 15) is 9.59 Å². The lowest BCUT2D eigenvalue weighted by atomic mass is 10.1. The first kappa shape index (κ1) is 31.6. The first-order chi connectivity index (χ1) is 21.9. The van der Waals surface area contributed by atoms with Crippen LogP contribution < -0.4 is 29.2 Å². The SMILES string of the molecule is CCOc1cc(COc2c(Cl)cc(/C=C3/C(=O)NC(=S)N(c4ccccc4)C3=O)cc2OCC)ccc1OCc1ccccc1. The van der Waals surface area contributed by atoms with E-state index in [2.05, 4.69) is 5.32 Å². The highest BCUT2D eigenvalue weighted by molar-refractivity contribution is 7.80. The predicted octanol–water partition coefficient (Wildman–Crippen LogP) is 7.13. The molecular formula is C35H31ClN2O6S. The maximum atomic E-state index is 13.4. The zero-order valence-corrected chi connectivity index (χ0v) is 26.3. The Morgan fingerprint density at radius 2 is 1.42 bits per heavy atom. The van der Waals surface area contributed by atoms with Crippen LogP contribution in [0.1, 0.15) is 30.5 Å². The molecule has 45 heavy (non-hydrogen) atoms. The Bertz CT molecular complexity index is 1730. The lowest BCUT2D eigenvalue weighted by Crippen LogP contribution is -2.54. The number of carbonyl (C=O) groups excluding carboxylic acids is 2. The van der Waals surface area contributed by atoms with Crippen LogP contribution in [0.5, 0.6) is 23.0 Å². The van der Waals surface area contributed by atoms with E-state index in [1.807, 2.05) is 68.4 Å². The summed E-state index contributed by atoms with van der Waals surface area (Å²) in [7, 11) is 0. The molecule has 10 heteroatoms. The van der Waals surface area contributed by atoms with Crippen molar-refractivity contribution < 1.29 is 28.5 Å². The van der Waals surface area contributed by atoms with Crippen molar-refractivity contribution in [2.75, 3.05) is 18.1 Å². The minimum atomic E-state index is -0.604. The summed E-state index contributed by atoms with van der Waals surface area (Å²) >= 11 is 12.0. The number of nitrogens with one attached hydrogen (secondary N) is 1. The molecule has 5 rings (SSSR count). The third kappa shape index (κ3) is 7.63. The van der Waals surface area contributed by atoms with Crippen LogP contribution in [0.3, 0.4) is 0 Å². The van der Waals surface area contributed by atoms with Gasteiger partial charge in [-0.1, -0.05) is 66.2 Å². The summed E-state index contributed by atoms with van der Waals surface area (Å²) in [6.45, 7) is 5.14. The fourth-order valence-electron chi connectivity index (χ4n) is 4.63. The van der Waals surface area contributed by atoms with Gasteiger partial charge in [-0.05, 0) is 85.2 Å². The number of anilines is 1. The number of halogens is 1. The van der Waals surface area contributed by atoms with Gasteiger partial charge in [0.25, 0.3) is 11.8 Å². The van der Waals surface area contributed by atoms with Gasteiger partial charge in [-0.2, -0.15) is 0 Å². The van der Waals surface area contributed by atoms with Gasteiger partial charge in [0.2, 0.25) is 0 Å². The number of amides is 2. The number of benzene rings is 4. The Hall–Kier alpha value is -4.86. The zero-order valence-electron chi connectivity index (χ0n) is 24.7. The lowest BCUT2D eigenvalue weighted by molar-refractivity contribution is -0.122. The molecule has 1 saturated heterocycles. The van der Waals surface area contributed by atoms with Crippen molar-refractivity contribution in [1.29, 1.82) is 0 Å². The normalized spacial score (nSPS) is 13.9. The molecule has 0 aliphatic carbocycles. The van der Waals surface area contributed by atoms with Gasteiger partial charge in [-0.3, -0.25) is 19.8 Å². The number of hydrogen-bond acceptors (Lipinski definition) is 7. The molecule has 4 aromatic carbocycles. The van der Waals surface area contributed by atoms with Gasteiger partial charge in [0.05, 0.1) is 23.9 Å². The molecule has 1 aliphatic rings. The summed E-state index contributed by atoms with van der Waals surface area (Å²) in [4.78, 5) is 27.5. The summed E-state index contributed by atoms with van der Waals surface area (Å²) in [6.07, 6.45) is 1.45. The number of ether oxygens (including phenoxy) is 4. The average molecular weight is 643 g/mol. The highest BCUT2D eigenvalue weighted by atomic mass is 35.5. The minimum absolute atomic E-state index is 0.00780. The molecule has 0 radical (unpaired) electrons. The molecule has 0 unspecified atom stereocenters. The fraction of sp³-hybridized carbons (Fsp3) is 0.171. The van der Waals surface area contributed by atoms with Crippen molar-refractivity contribution in [1.82, 2.24) is 5.32 Å². The standard InChI is InChI=1S/C35H31ClN2O6S/c1-3-41-30-19-24(15-16-29(30)43-21-23-11-7-5-8-12-23)22-44-32-28(36)18-25(20-31(32)42-4-2)17-27-33(39)37-35(45)38(34(27)40)26-13-9-6-10-14-26/h5-20H,3-4,21-22H2,1-2H3,(H,37,39,45)/b27-17-. The number of carbonyl (C=O) groups is 2. The summed E-state index contributed by atoms with van der Waals surface area (Å²) in [5, 5.41) is 2.85. The van der Waals surface area contributed by atoms with E-state index in [0.717, 1.165) is 11.1 Å². The second-order valence-electron chi connectivity index (χ2n) is 9.83. The van der Waals surface area contributed by atoms with Crippen LogP contribution in [0.25, 0.3) is 6.08 Å².